The fourth-order valence-corrected chi connectivity index (χ4v) is 1.61. The number of hydrogen-bond donors (Lipinski definition) is 1. The van der Waals surface area contributed by atoms with E-state index < -0.39 is 4.92 Å². The van der Waals surface area contributed by atoms with E-state index in [2.05, 4.69) is 5.32 Å². The summed E-state index contributed by atoms with van der Waals surface area (Å²) in [7, 11) is 0. The van der Waals surface area contributed by atoms with E-state index >= 15 is 0 Å². The Hall–Kier alpha value is -1.82. The van der Waals surface area contributed by atoms with Gasteiger partial charge in [0.05, 0.1) is 17.6 Å². The van der Waals surface area contributed by atoms with Gasteiger partial charge in [0.15, 0.2) is 0 Å². The predicted molar refractivity (Wildman–Crippen MR) is 73.8 cm³/mol. The van der Waals surface area contributed by atoms with Crippen LogP contribution in [0.5, 0.6) is 5.75 Å². The smallest absolute Gasteiger partial charge is 0.275 e. The predicted octanol–water partition coefficient (Wildman–Crippen LogP) is 2.83. The van der Waals surface area contributed by atoms with Crippen molar-refractivity contribution in [2.75, 3.05) is 25.1 Å². The van der Waals surface area contributed by atoms with Crippen LogP contribution in [-0.4, -0.2) is 30.8 Å². The standard InChI is InChI=1S/C13H20N2O4/c1-4-14-11-6-12(15(16)17)8-13(7-11)19-10(3)9-18-5-2/h6-8,10,14H,4-5,9H2,1-3H3. The quantitative estimate of drug-likeness (QED) is 0.579. The number of nitrogens with zero attached hydrogens (tertiary/aromatic N) is 1. The molecule has 6 heteroatoms. The maximum absolute atomic E-state index is 10.9. The van der Waals surface area contributed by atoms with Gasteiger partial charge < -0.3 is 14.8 Å². The van der Waals surface area contributed by atoms with Crippen LogP contribution in [0, 0.1) is 10.1 Å². The molecule has 0 radical (unpaired) electrons. The van der Waals surface area contributed by atoms with Crippen LogP contribution in [0.2, 0.25) is 0 Å². The summed E-state index contributed by atoms with van der Waals surface area (Å²) in [6, 6.07) is 4.66. The van der Waals surface area contributed by atoms with Gasteiger partial charge in [0, 0.05) is 31.0 Å². The number of nitro groups is 1. The van der Waals surface area contributed by atoms with Gasteiger partial charge in [-0.1, -0.05) is 0 Å². The van der Waals surface area contributed by atoms with Gasteiger partial charge in [-0.15, -0.1) is 0 Å². The van der Waals surface area contributed by atoms with Crippen molar-refractivity contribution in [3.05, 3.63) is 28.3 Å². The van der Waals surface area contributed by atoms with Crippen molar-refractivity contribution in [1.29, 1.82) is 0 Å². The number of ether oxygens (including phenoxy) is 2. The maximum Gasteiger partial charge on any atom is 0.275 e. The third kappa shape index (κ3) is 5.13. The molecule has 0 saturated heterocycles. The molecule has 0 aliphatic rings. The average molecular weight is 268 g/mol. The van der Waals surface area contributed by atoms with E-state index in [0.717, 1.165) is 0 Å². The van der Waals surface area contributed by atoms with Crippen molar-refractivity contribution in [1.82, 2.24) is 0 Å². The van der Waals surface area contributed by atoms with Crippen molar-refractivity contribution >= 4 is 11.4 Å². The minimum atomic E-state index is -0.430. The average Bonchev–Trinajstić information content (AvgIpc) is 2.36. The summed E-state index contributed by atoms with van der Waals surface area (Å²) in [6.07, 6.45) is -0.156. The second-order valence-electron chi connectivity index (χ2n) is 4.09. The van der Waals surface area contributed by atoms with Crippen molar-refractivity contribution in [3.8, 4) is 5.75 Å². The topological polar surface area (TPSA) is 73.6 Å². The number of nitrogens with one attached hydrogen (secondary N) is 1. The summed E-state index contributed by atoms with van der Waals surface area (Å²) < 4.78 is 10.9. The number of anilines is 1. The second-order valence-corrected chi connectivity index (χ2v) is 4.09. The highest BCUT2D eigenvalue weighted by molar-refractivity contribution is 5.56. The van der Waals surface area contributed by atoms with Gasteiger partial charge in [-0.3, -0.25) is 10.1 Å². The van der Waals surface area contributed by atoms with Gasteiger partial charge in [0.2, 0.25) is 0 Å². The van der Waals surface area contributed by atoms with Crippen LogP contribution in [0.4, 0.5) is 11.4 Å². The maximum atomic E-state index is 10.9. The molecule has 1 unspecified atom stereocenters. The van der Waals surface area contributed by atoms with Gasteiger partial charge in [0.1, 0.15) is 11.9 Å². The Morgan fingerprint density at radius 2 is 2.11 bits per heavy atom. The first kappa shape index (κ1) is 15.2. The van der Waals surface area contributed by atoms with Crippen LogP contribution in [0.15, 0.2) is 18.2 Å². The first-order valence-corrected chi connectivity index (χ1v) is 6.34. The monoisotopic (exact) mass is 268 g/mol. The molecule has 1 rings (SSSR count). The molecular weight excluding hydrogens is 248 g/mol. The van der Waals surface area contributed by atoms with Gasteiger partial charge >= 0.3 is 0 Å². The molecule has 0 heterocycles. The fraction of sp³-hybridized carbons (Fsp3) is 0.538. The van der Waals surface area contributed by atoms with E-state index in [0.29, 0.717) is 31.2 Å². The van der Waals surface area contributed by atoms with Crippen molar-refractivity contribution in [2.45, 2.75) is 26.9 Å². The third-order valence-corrected chi connectivity index (χ3v) is 2.38. The Bertz CT molecular complexity index is 423. The highest BCUT2D eigenvalue weighted by Crippen LogP contribution is 2.26. The molecule has 0 spiro atoms. The first-order valence-electron chi connectivity index (χ1n) is 6.34. The van der Waals surface area contributed by atoms with Crippen molar-refractivity contribution in [3.63, 3.8) is 0 Å². The first-order chi connectivity index (χ1) is 9.06. The molecule has 1 aromatic carbocycles. The molecule has 0 amide bonds. The largest absolute Gasteiger partial charge is 0.488 e. The minimum absolute atomic E-state index is 0.0112. The van der Waals surface area contributed by atoms with E-state index in [1.54, 1.807) is 6.07 Å². The van der Waals surface area contributed by atoms with Gasteiger partial charge in [-0.05, 0) is 20.8 Å². The summed E-state index contributed by atoms with van der Waals surface area (Å²) in [5, 5.41) is 13.9. The highest BCUT2D eigenvalue weighted by atomic mass is 16.6. The molecule has 1 aromatic rings. The van der Waals surface area contributed by atoms with Gasteiger partial charge in [-0.25, -0.2) is 0 Å². The second kappa shape index (κ2) is 7.58. The molecule has 6 nitrogen and oxygen atoms in total. The normalized spacial score (nSPS) is 11.9. The summed E-state index contributed by atoms with van der Waals surface area (Å²) in [4.78, 5) is 10.4. The van der Waals surface area contributed by atoms with Crippen molar-refractivity contribution < 1.29 is 14.4 Å². The Morgan fingerprint density at radius 3 is 2.68 bits per heavy atom. The Kier molecular flexibility index (Phi) is 6.08. The molecule has 19 heavy (non-hydrogen) atoms. The molecule has 0 aliphatic heterocycles. The lowest BCUT2D eigenvalue weighted by atomic mass is 10.2. The minimum Gasteiger partial charge on any atom is -0.488 e. The zero-order chi connectivity index (χ0) is 14.3. The van der Waals surface area contributed by atoms with E-state index in [1.165, 1.54) is 12.1 Å². The van der Waals surface area contributed by atoms with E-state index in [1.807, 2.05) is 20.8 Å². The summed E-state index contributed by atoms with van der Waals surface area (Å²) >= 11 is 0. The van der Waals surface area contributed by atoms with Crippen LogP contribution in [0.25, 0.3) is 0 Å². The Labute approximate surface area is 112 Å². The molecule has 106 valence electrons. The molecular formula is C13H20N2O4. The Balaban J connectivity index is 2.83. The van der Waals surface area contributed by atoms with Crippen LogP contribution in [0.1, 0.15) is 20.8 Å². The lowest BCUT2D eigenvalue weighted by Crippen LogP contribution is -2.19. The SMILES string of the molecule is CCNc1cc(OC(C)COCC)cc([N+](=O)[O-])c1. The fourth-order valence-electron chi connectivity index (χ4n) is 1.61. The molecule has 0 bridgehead atoms. The van der Waals surface area contributed by atoms with Crippen LogP contribution in [0.3, 0.4) is 0 Å². The van der Waals surface area contributed by atoms with E-state index in [9.17, 15) is 10.1 Å². The van der Waals surface area contributed by atoms with Crippen molar-refractivity contribution in [2.24, 2.45) is 0 Å². The highest BCUT2D eigenvalue weighted by Gasteiger charge is 2.12. The van der Waals surface area contributed by atoms with Crippen LogP contribution < -0.4 is 10.1 Å². The van der Waals surface area contributed by atoms with E-state index in [-0.39, 0.29) is 11.8 Å². The molecule has 0 aliphatic carbocycles. The zero-order valence-corrected chi connectivity index (χ0v) is 11.5. The molecule has 0 aromatic heterocycles. The number of non-ortho nitro benzene ring substituents is 1. The van der Waals surface area contributed by atoms with Gasteiger partial charge in [0.25, 0.3) is 5.69 Å². The lowest BCUT2D eigenvalue weighted by Gasteiger charge is -2.15. The van der Waals surface area contributed by atoms with E-state index in [4.69, 9.17) is 9.47 Å². The summed E-state index contributed by atoms with van der Waals surface area (Å²) in [5.74, 6) is 0.470. The third-order valence-electron chi connectivity index (χ3n) is 2.38. The van der Waals surface area contributed by atoms with Gasteiger partial charge in [-0.2, -0.15) is 0 Å². The number of hydrogen-bond acceptors (Lipinski definition) is 5. The zero-order valence-electron chi connectivity index (χ0n) is 11.5. The number of nitro benzene ring substituents is 1. The lowest BCUT2D eigenvalue weighted by molar-refractivity contribution is -0.384. The molecule has 0 saturated carbocycles. The molecule has 1 atom stereocenters. The summed E-state index contributed by atoms with van der Waals surface area (Å²) in [6.45, 7) is 7.46. The van der Waals surface area contributed by atoms with Crippen LogP contribution >= 0.6 is 0 Å². The number of benzene rings is 1. The molecule has 1 N–H and O–H groups in total. The Morgan fingerprint density at radius 1 is 1.37 bits per heavy atom. The number of rotatable bonds is 8. The van der Waals surface area contributed by atoms with Crippen LogP contribution in [-0.2, 0) is 4.74 Å². The molecule has 0 fully saturated rings. The summed E-state index contributed by atoms with van der Waals surface area (Å²) in [5.41, 5.74) is 0.687.